The first kappa shape index (κ1) is 11.9. The lowest BCUT2D eigenvalue weighted by Gasteiger charge is -2.06. The second kappa shape index (κ2) is 6.42. The number of ether oxygens (including phenoxy) is 1. The molecule has 0 aromatic carbocycles. The van der Waals surface area contributed by atoms with Crippen LogP contribution in [0.15, 0.2) is 0 Å². The first-order valence-electron chi connectivity index (χ1n) is 4.12. The van der Waals surface area contributed by atoms with E-state index in [1.54, 1.807) is 0 Å². The van der Waals surface area contributed by atoms with Crippen LogP contribution in [0.5, 0.6) is 0 Å². The van der Waals surface area contributed by atoms with Crippen molar-refractivity contribution >= 4 is 11.9 Å². The largest absolute Gasteiger partial charge is 0.467 e. The number of carbonyl (C=O) groups is 2. The zero-order chi connectivity index (χ0) is 10.3. The monoisotopic (exact) mass is 189 g/mol. The predicted molar refractivity (Wildman–Crippen MR) is 45.7 cm³/mol. The van der Waals surface area contributed by atoms with Gasteiger partial charge >= 0.3 is 5.97 Å². The summed E-state index contributed by atoms with van der Waals surface area (Å²) in [5.74, 6) is -1.01. The third-order valence-electron chi connectivity index (χ3n) is 1.62. The number of nitrogens with two attached hydrogens (primary N) is 1. The molecule has 76 valence electrons. The molecule has 0 rings (SSSR count). The van der Waals surface area contributed by atoms with Gasteiger partial charge in [0.05, 0.1) is 7.11 Å². The number of hydrogen-bond acceptors (Lipinski definition) is 4. The number of aliphatic hydroxyl groups is 1. The molecular weight excluding hydrogens is 174 g/mol. The summed E-state index contributed by atoms with van der Waals surface area (Å²) in [6.07, 6.45) is 0.675. The molecule has 0 radical (unpaired) electrons. The van der Waals surface area contributed by atoms with Crippen molar-refractivity contribution in [2.24, 2.45) is 5.73 Å². The number of rotatable bonds is 6. The molecule has 5 nitrogen and oxygen atoms in total. The van der Waals surface area contributed by atoms with Crippen molar-refractivity contribution in [1.82, 2.24) is 0 Å². The quantitative estimate of drug-likeness (QED) is 0.438. The molecule has 0 aromatic rings. The van der Waals surface area contributed by atoms with Gasteiger partial charge in [0.2, 0.25) is 5.91 Å². The fourth-order valence-electron chi connectivity index (χ4n) is 0.891. The molecule has 0 aliphatic carbocycles. The molecule has 13 heavy (non-hydrogen) atoms. The highest BCUT2D eigenvalue weighted by Crippen LogP contribution is 2.04. The Hall–Kier alpha value is -1.10. The van der Waals surface area contributed by atoms with E-state index < -0.39 is 12.1 Å². The van der Waals surface area contributed by atoms with E-state index in [0.29, 0.717) is 19.3 Å². The molecule has 1 amide bonds. The lowest BCUT2D eigenvalue weighted by atomic mass is 10.1. The molecule has 0 spiro atoms. The van der Waals surface area contributed by atoms with E-state index in [2.05, 4.69) is 4.74 Å². The van der Waals surface area contributed by atoms with Crippen molar-refractivity contribution in [1.29, 1.82) is 0 Å². The summed E-state index contributed by atoms with van der Waals surface area (Å²) in [6.45, 7) is 0. The molecule has 0 saturated carbocycles. The Kier molecular flexibility index (Phi) is 5.88. The average Bonchev–Trinajstić information content (AvgIpc) is 2.10. The third kappa shape index (κ3) is 6.10. The number of esters is 1. The molecule has 0 saturated heterocycles. The summed E-state index contributed by atoms with van der Waals surface area (Å²) in [6, 6.07) is 0. The van der Waals surface area contributed by atoms with E-state index in [1.807, 2.05) is 0 Å². The van der Waals surface area contributed by atoms with Crippen LogP contribution in [0.2, 0.25) is 0 Å². The van der Waals surface area contributed by atoms with E-state index in [1.165, 1.54) is 7.11 Å². The van der Waals surface area contributed by atoms with Gasteiger partial charge in [-0.1, -0.05) is 0 Å². The lowest BCUT2D eigenvalue weighted by molar-refractivity contribution is -0.150. The molecule has 0 fully saturated rings. The molecule has 0 heterocycles. The van der Waals surface area contributed by atoms with Crippen molar-refractivity contribution in [3.05, 3.63) is 0 Å². The van der Waals surface area contributed by atoms with Gasteiger partial charge in [-0.3, -0.25) is 4.79 Å². The van der Waals surface area contributed by atoms with Crippen LogP contribution in [0.25, 0.3) is 0 Å². The highest BCUT2D eigenvalue weighted by Gasteiger charge is 2.14. The molecular formula is C8H15NO4. The topological polar surface area (TPSA) is 89.6 Å². The van der Waals surface area contributed by atoms with E-state index >= 15 is 0 Å². The molecule has 3 N–H and O–H groups in total. The maximum absolute atomic E-state index is 10.7. The first-order chi connectivity index (χ1) is 6.07. The van der Waals surface area contributed by atoms with Crippen LogP contribution < -0.4 is 5.73 Å². The number of methoxy groups -OCH3 is 1. The standard InChI is InChI=1S/C8H15NO4/c1-13-8(12)6(10)4-2-3-5-7(9)11/h6,10H,2-5H2,1H3,(H2,9,11). The fourth-order valence-corrected chi connectivity index (χ4v) is 0.891. The van der Waals surface area contributed by atoms with E-state index in [0.717, 1.165) is 0 Å². The van der Waals surface area contributed by atoms with Crippen LogP contribution in [0.3, 0.4) is 0 Å². The fraction of sp³-hybridized carbons (Fsp3) is 0.750. The Morgan fingerprint density at radius 2 is 2.08 bits per heavy atom. The van der Waals surface area contributed by atoms with E-state index in [4.69, 9.17) is 10.8 Å². The summed E-state index contributed by atoms with van der Waals surface area (Å²) in [7, 11) is 1.22. The summed E-state index contributed by atoms with van der Waals surface area (Å²) >= 11 is 0. The SMILES string of the molecule is COC(=O)C(O)CCCCC(N)=O. The van der Waals surface area contributed by atoms with Crippen molar-refractivity contribution in [2.75, 3.05) is 7.11 Å². The second-order valence-corrected chi connectivity index (χ2v) is 2.75. The number of carbonyl (C=O) groups excluding carboxylic acids is 2. The summed E-state index contributed by atoms with van der Waals surface area (Å²) in [5.41, 5.74) is 4.90. The van der Waals surface area contributed by atoms with Crippen molar-refractivity contribution < 1.29 is 19.4 Å². The van der Waals surface area contributed by atoms with Crippen molar-refractivity contribution in [3.8, 4) is 0 Å². The van der Waals surface area contributed by atoms with Crippen LogP contribution in [-0.2, 0) is 14.3 Å². The van der Waals surface area contributed by atoms with Gasteiger partial charge in [-0.05, 0) is 19.3 Å². The molecule has 5 heteroatoms. The smallest absolute Gasteiger partial charge is 0.334 e. The van der Waals surface area contributed by atoms with Gasteiger partial charge in [-0.2, -0.15) is 0 Å². The highest BCUT2D eigenvalue weighted by atomic mass is 16.5. The van der Waals surface area contributed by atoms with Crippen LogP contribution >= 0.6 is 0 Å². The van der Waals surface area contributed by atoms with Crippen LogP contribution in [0.1, 0.15) is 25.7 Å². The highest BCUT2D eigenvalue weighted by molar-refractivity contribution is 5.74. The van der Waals surface area contributed by atoms with Crippen LogP contribution in [0, 0.1) is 0 Å². The van der Waals surface area contributed by atoms with Gasteiger partial charge in [-0.15, -0.1) is 0 Å². The molecule has 0 aliphatic rings. The number of unbranched alkanes of at least 4 members (excludes halogenated alkanes) is 1. The van der Waals surface area contributed by atoms with Gasteiger partial charge in [0.15, 0.2) is 6.10 Å². The predicted octanol–water partition coefficient (Wildman–Crippen LogP) is -0.434. The van der Waals surface area contributed by atoms with Gasteiger partial charge in [0.25, 0.3) is 0 Å². The number of aliphatic hydroxyl groups excluding tert-OH is 1. The molecule has 0 aliphatic heterocycles. The summed E-state index contributed by atoms with van der Waals surface area (Å²) in [5, 5.41) is 9.09. The van der Waals surface area contributed by atoms with Gasteiger partial charge in [0.1, 0.15) is 0 Å². The van der Waals surface area contributed by atoms with Crippen LogP contribution in [0.4, 0.5) is 0 Å². The van der Waals surface area contributed by atoms with Crippen molar-refractivity contribution in [3.63, 3.8) is 0 Å². The number of hydrogen-bond donors (Lipinski definition) is 2. The normalized spacial score (nSPS) is 12.2. The number of amides is 1. The van der Waals surface area contributed by atoms with E-state index in [-0.39, 0.29) is 12.3 Å². The van der Waals surface area contributed by atoms with Crippen LogP contribution in [-0.4, -0.2) is 30.2 Å². The molecule has 1 atom stereocenters. The minimum Gasteiger partial charge on any atom is -0.467 e. The zero-order valence-corrected chi connectivity index (χ0v) is 7.66. The van der Waals surface area contributed by atoms with Gasteiger partial charge in [-0.25, -0.2) is 4.79 Å². The van der Waals surface area contributed by atoms with Gasteiger partial charge < -0.3 is 15.6 Å². The minimum absolute atomic E-state index is 0.286. The third-order valence-corrected chi connectivity index (χ3v) is 1.62. The second-order valence-electron chi connectivity index (χ2n) is 2.75. The maximum atomic E-state index is 10.7. The Balaban J connectivity index is 3.42. The maximum Gasteiger partial charge on any atom is 0.334 e. The Labute approximate surface area is 76.9 Å². The summed E-state index contributed by atoms with van der Waals surface area (Å²) in [4.78, 5) is 21.0. The average molecular weight is 189 g/mol. The zero-order valence-electron chi connectivity index (χ0n) is 7.66. The molecule has 1 unspecified atom stereocenters. The lowest BCUT2D eigenvalue weighted by Crippen LogP contribution is -2.21. The van der Waals surface area contributed by atoms with E-state index in [9.17, 15) is 9.59 Å². The molecule has 0 bridgehead atoms. The Morgan fingerprint density at radius 1 is 1.46 bits per heavy atom. The molecule has 0 aromatic heterocycles. The number of primary amides is 1. The summed E-state index contributed by atoms with van der Waals surface area (Å²) < 4.78 is 4.31. The Bertz CT molecular complexity index is 181. The first-order valence-corrected chi connectivity index (χ1v) is 4.12. The van der Waals surface area contributed by atoms with Gasteiger partial charge in [0, 0.05) is 6.42 Å². The Morgan fingerprint density at radius 3 is 2.54 bits per heavy atom. The minimum atomic E-state index is -1.09. The van der Waals surface area contributed by atoms with Crippen molar-refractivity contribution in [2.45, 2.75) is 31.8 Å².